The smallest absolute Gasteiger partial charge is 0.411 e. The van der Waals surface area contributed by atoms with E-state index in [0.29, 0.717) is 39.3 Å². The van der Waals surface area contributed by atoms with Gasteiger partial charge in [-0.15, -0.1) is 5.10 Å². The summed E-state index contributed by atoms with van der Waals surface area (Å²) in [6, 6.07) is 14.4. The van der Waals surface area contributed by atoms with E-state index in [1.165, 1.54) is 4.52 Å². The standard InChI is InChI=1S/C13H9BrN6O.C10H9BrN2O2/c1-19-9(5-6-15-19)11-17-12-7-3-2-4-8(14)10(7)16-13(21)20(12)18-11;1-2-13(10(14)15)9-7(6-12)4-3-5-8(9)11/h2-6H,1H3,(H,16,21);3-5H,2H2,1H3,(H,14,15). The zero-order valence-corrected chi connectivity index (χ0v) is 22.1. The predicted octanol–water partition coefficient (Wildman–Crippen LogP) is 4.56. The van der Waals surface area contributed by atoms with E-state index in [1.54, 1.807) is 49.1 Å². The third kappa shape index (κ3) is 4.60. The molecule has 0 unspecified atom stereocenters. The van der Waals surface area contributed by atoms with Crippen molar-refractivity contribution >= 4 is 60.2 Å². The second-order valence-electron chi connectivity index (χ2n) is 7.38. The van der Waals surface area contributed by atoms with Crippen molar-refractivity contribution in [1.82, 2.24) is 29.4 Å². The summed E-state index contributed by atoms with van der Waals surface area (Å²) in [4.78, 5) is 31.6. The van der Waals surface area contributed by atoms with Crippen LogP contribution in [0.4, 0.5) is 10.5 Å². The number of nitriles is 1. The summed E-state index contributed by atoms with van der Waals surface area (Å²) in [5.41, 5.74) is 2.39. The van der Waals surface area contributed by atoms with Crippen LogP contribution in [-0.2, 0) is 7.05 Å². The summed E-state index contributed by atoms with van der Waals surface area (Å²) in [5.74, 6) is 0.466. The number of nitrogens with zero attached hydrogens (tertiary/aromatic N) is 7. The van der Waals surface area contributed by atoms with Gasteiger partial charge in [0.15, 0.2) is 5.65 Å². The van der Waals surface area contributed by atoms with E-state index in [-0.39, 0.29) is 5.69 Å². The number of amides is 1. The largest absolute Gasteiger partial charge is 0.465 e. The van der Waals surface area contributed by atoms with Crippen molar-refractivity contribution in [2.75, 3.05) is 11.4 Å². The molecule has 0 atom stereocenters. The molecule has 0 aliphatic carbocycles. The maximum Gasteiger partial charge on any atom is 0.411 e. The molecule has 0 aliphatic rings. The van der Waals surface area contributed by atoms with Crippen LogP contribution >= 0.6 is 31.9 Å². The van der Waals surface area contributed by atoms with Crippen LogP contribution in [0, 0.1) is 11.3 Å². The number of carbonyl (C=O) groups is 1. The fourth-order valence-electron chi connectivity index (χ4n) is 3.60. The van der Waals surface area contributed by atoms with E-state index >= 15 is 0 Å². The monoisotopic (exact) mass is 612 g/mol. The molecule has 13 heteroatoms. The number of H-pyrrole nitrogens is 1. The fraction of sp³-hybridized carbons (Fsp3) is 0.130. The molecule has 1 amide bonds. The fourth-order valence-corrected chi connectivity index (χ4v) is 4.64. The van der Waals surface area contributed by atoms with Gasteiger partial charge in [0.25, 0.3) is 0 Å². The maximum absolute atomic E-state index is 12.2. The Kier molecular flexibility index (Phi) is 7.18. The number of anilines is 1. The lowest BCUT2D eigenvalue weighted by atomic mass is 10.2. The Bertz CT molecular complexity index is 1700. The molecule has 5 aromatic rings. The number of benzene rings is 2. The molecule has 36 heavy (non-hydrogen) atoms. The summed E-state index contributed by atoms with van der Waals surface area (Å²) in [7, 11) is 1.81. The third-order valence-electron chi connectivity index (χ3n) is 5.26. The molecule has 0 saturated carbocycles. The molecular weight excluding hydrogens is 596 g/mol. The Morgan fingerprint density at radius 1 is 1.19 bits per heavy atom. The van der Waals surface area contributed by atoms with E-state index in [0.717, 1.165) is 20.5 Å². The molecule has 0 fully saturated rings. The van der Waals surface area contributed by atoms with Gasteiger partial charge in [-0.25, -0.2) is 14.6 Å². The molecular formula is C23H18Br2N8O3. The van der Waals surface area contributed by atoms with Crippen molar-refractivity contribution < 1.29 is 9.90 Å². The van der Waals surface area contributed by atoms with E-state index in [2.05, 4.69) is 52.0 Å². The van der Waals surface area contributed by atoms with Crippen molar-refractivity contribution in [3.63, 3.8) is 0 Å². The lowest BCUT2D eigenvalue weighted by Crippen LogP contribution is -2.29. The number of carboxylic acid groups (broad SMARTS) is 1. The number of para-hydroxylation sites is 2. The van der Waals surface area contributed by atoms with Crippen LogP contribution in [0.5, 0.6) is 0 Å². The maximum atomic E-state index is 12.2. The van der Waals surface area contributed by atoms with E-state index in [1.807, 2.05) is 24.3 Å². The number of aromatic amines is 1. The van der Waals surface area contributed by atoms with Crippen molar-refractivity contribution in [3.8, 4) is 17.6 Å². The van der Waals surface area contributed by atoms with Gasteiger partial charge in [-0.05, 0) is 69.1 Å². The Hall–Kier alpha value is -4.02. The third-order valence-corrected chi connectivity index (χ3v) is 6.56. The highest BCUT2D eigenvalue weighted by Gasteiger charge is 2.18. The van der Waals surface area contributed by atoms with Crippen LogP contribution in [0.3, 0.4) is 0 Å². The molecule has 11 nitrogen and oxygen atoms in total. The number of hydrogen-bond acceptors (Lipinski definition) is 6. The SMILES string of the molecule is CCN(C(=O)O)c1c(Br)cccc1C#N.Cn1nccc1-c1nc2c3cccc(Br)c3[nH]c(=O)n2n1. The van der Waals surface area contributed by atoms with Gasteiger partial charge in [0.2, 0.25) is 5.82 Å². The van der Waals surface area contributed by atoms with Crippen molar-refractivity contribution in [2.45, 2.75) is 6.92 Å². The first-order valence-electron chi connectivity index (χ1n) is 10.5. The quantitative estimate of drug-likeness (QED) is 0.303. The molecule has 0 aliphatic heterocycles. The number of rotatable bonds is 3. The number of hydrogen-bond donors (Lipinski definition) is 2. The predicted molar refractivity (Wildman–Crippen MR) is 141 cm³/mol. The molecule has 3 aromatic heterocycles. The molecule has 2 aromatic carbocycles. The highest BCUT2D eigenvalue weighted by atomic mass is 79.9. The van der Waals surface area contributed by atoms with Gasteiger partial charge in [-0.2, -0.15) is 14.9 Å². The minimum atomic E-state index is -1.07. The van der Waals surface area contributed by atoms with Gasteiger partial charge in [0, 0.05) is 34.1 Å². The average Bonchev–Trinajstić information content (AvgIpc) is 3.48. The van der Waals surface area contributed by atoms with Gasteiger partial charge in [0.1, 0.15) is 11.8 Å². The summed E-state index contributed by atoms with van der Waals surface area (Å²) in [6.07, 6.45) is 0.598. The Labute approximate surface area is 220 Å². The zero-order valence-electron chi connectivity index (χ0n) is 19.0. The lowest BCUT2D eigenvalue weighted by Gasteiger charge is -2.19. The van der Waals surface area contributed by atoms with Gasteiger partial charge >= 0.3 is 11.8 Å². The molecule has 182 valence electrons. The summed E-state index contributed by atoms with van der Waals surface area (Å²) in [6.45, 7) is 2.02. The van der Waals surface area contributed by atoms with Gasteiger partial charge in [0.05, 0.1) is 16.8 Å². The first kappa shape index (κ1) is 25.1. The normalized spacial score (nSPS) is 10.6. The van der Waals surface area contributed by atoms with Gasteiger partial charge in [-0.3, -0.25) is 9.58 Å². The second-order valence-corrected chi connectivity index (χ2v) is 9.09. The minimum absolute atomic E-state index is 0.298. The minimum Gasteiger partial charge on any atom is -0.465 e. The molecule has 5 rings (SSSR count). The van der Waals surface area contributed by atoms with Crippen LogP contribution in [0.2, 0.25) is 0 Å². The van der Waals surface area contributed by atoms with Gasteiger partial charge in [-0.1, -0.05) is 12.1 Å². The Balaban J connectivity index is 0.000000181. The average molecular weight is 614 g/mol. The molecule has 3 heterocycles. The summed E-state index contributed by atoms with van der Waals surface area (Å²) in [5, 5.41) is 27.0. The second kappa shape index (κ2) is 10.3. The number of aryl methyl sites for hydroxylation is 1. The van der Waals surface area contributed by atoms with Crippen molar-refractivity contribution in [1.29, 1.82) is 5.26 Å². The van der Waals surface area contributed by atoms with Crippen LogP contribution in [0.1, 0.15) is 12.5 Å². The number of nitrogens with one attached hydrogen (secondary N) is 1. The summed E-state index contributed by atoms with van der Waals surface area (Å²) < 4.78 is 4.36. The zero-order chi connectivity index (χ0) is 26.0. The highest BCUT2D eigenvalue weighted by molar-refractivity contribution is 9.11. The topological polar surface area (TPSA) is 145 Å². The number of halogens is 2. The summed E-state index contributed by atoms with van der Waals surface area (Å²) >= 11 is 6.67. The molecule has 0 spiro atoms. The highest BCUT2D eigenvalue weighted by Crippen LogP contribution is 2.30. The first-order valence-corrected chi connectivity index (χ1v) is 12.1. The molecule has 2 N–H and O–H groups in total. The van der Waals surface area contributed by atoms with Crippen LogP contribution in [0.15, 0.2) is 62.4 Å². The Morgan fingerprint density at radius 3 is 2.56 bits per heavy atom. The Morgan fingerprint density at radius 2 is 1.92 bits per heavy atom. The molecule has 0 bridgehead atoms. The van der Waals surface area contributed by atoms with Crippen LogP contribution < -0.4 is 10.6 Å². The number of fused-ring (bicyclic) bond motifs is 3. The van der Waals surface area contributed by atoms with Gasteiger partial charge < -0.3 is 10.1 Å². The van der Waals surface area contributed by atoms with E-state index in [4.69, 9.17) is 10.4 Å². The molecule has 0 radical (unpaired) electrons. The van der Waals surface area contributed by atoms with E-state index in [9.17, 15) is 9.59 Å². The van der Waals surface area contributed by atoms with Crippen molar-refractivity contribution in [3.05, 3.63) is 73.7 Å². The van der Waals surface area contributed by atoms with Crippen LogP contribution in [0.25, 0.3) is 28.1 Å². The van der Waals surface area contributed by atoms with E-state index < -0.39 is 6.09 Å². The lowest BCUT2D eigenvalue weighted by molar-refractivity contribution is 0.202. The number of aromatic nitrogens is 6. The van der Waals surface area contributed by atoms with Crippen LogP contribution in [-0.4, -0.2) is 47.1 Å². The van der Waals surface area contributed by atoms with Crippen molar-refractivity contribution in [2.24, 2.45) is 7.05 Å². The first-order chi connectivity index (χ1) is 17.3. The molecule has 0 saturated heterocycles.